The van der Waals surface area contributed by atoms with Crippen LogP contribution in [-0.2, 0) is 16.1 Å². The Balaban J connectivity index is 1.42. The third-order valence-corrected chi connectivity index (χ3v) is 5.21. The van der Waals surface area contributed by atoms with E-state index in [1.807, 2.05) is 30.3 Å². The number of nitrogens with one attached hydrogen (secondary N) is 1. The second-order valence-electron chi connectivity index (χ2n) is 7.44. The van der Waals surface area contributed by atoms with Crippen molar-refractivity contribution < 1.29 is 14.3 Å². The Labute approximate surface area is 184 Å². The van der Waals surface area contributed by atoms with Crippen molar-refractivity contribution >= 4 is 23.5 Å². The summed E-state index contributed by atoms with van der Waals surface area (Å²) >= 11 is 0. The number of likely N-dealkylation sites (tertiary alicyclic amines) is 1. The van der Waals surface area contributed by atoms with E-state index >= 15 is 0 Å². The normalized spacial score (nSPS) is 15.4. The van der Waals surface area contributed by atoms with Gasteiger partial charge in [-0.25, -0.2) is 9.59 Å². The van der Waals surface area contributed by atoms with Gasteiger partial charge in [0.25, 0.3) is 0 Å². The number of hydrogen-bond acceptors (Lipinski definition) is 6. The first-order valence-electron chi connectivity index (χ1n) is 10.2. The summed E-state index contributed by atoms with van der Waals surface area (Å²) in [5, 5.41) is 2.83. The minimum Gasteiger partial charge on any atom is -0.445 e. The first-order valence-corrected chi connectivity index (χ1v) is 10.2. The molecular formula is C23H23N5O4. The van der Waals surface area contributed by atoms with Crippen LogP contribution < -0.4 is 16.7 Å². The summed E-state index contributed by atoms with van der Waals surface area (Å²) in [6, 6.07) is 17.1. The minimum absolute atomic E-state index is 0.135. The number of nitrogens with zero attached hydrogens (tertiary/aromatic N) is 3. The number of ether oxygens (including phenoxy) is 1. The van der Waals surface area contributed by atoms with E-state index in [1.165, 1.54) is 21.7 Å². The molecule has 2 aromatic carbocycles. The number of nitrogens with two attached hydrogens (primary N) is 1. The molecule has 164 valence electrons. The number of anilines is 2. The van der Waals surface area contributed by atoms with Crippen LogP contribution >= 0.6 is 0 Å². The Hall–Kier alpha value is -4.14. The highest BCUT2D eigenvalue weighted by atomic mass is 16.6. The number of rotatable bonds is 5. The molecular weight excluding hydrogens is 410 g/mol. The van der Waals surface area contributed by atoms with Crippen molar-refractivity contribution in [2.45, 2.75) is 25.5 Å². The second-order valence-corrected chi connectivity index (χ2v) is 7.44. The van der Waals surface area contributed by atoms with Gasteiger partial charge >= 0.3 is 11.8 Å². The van der Waals surface area contributed by atoms with Gasteiger partial charge in [0.15, 0.2) is 0 Å². The smallest absolute Gasteiger partial charge is 0.410 e. The molecule has 0 saturated carbocycles. The standard InChI is InChI=1S/C23H23N5O4/c24-20-11-13-27(22(30)26-20)18-9-4-8-17(14-18)25-21(29)19-10-5-12-28(19)23(31)32-15-16-6-2-1-3-7-16/h1-4,6-9,11,13-14,19H,5,10,12,15H2,(H,25,29)(H2,24,26,30)/t19-/m0/s1. The molecule has 3 aromatic rings. The van der Waals surface area contributed by atoms with Crippen LogP contribution in [0.5, 0.6) is 0 Å². The van der Waals surface area contributed by atoms with E-state index < -0.39 is 17.8 Å². The van der Waals surface area contributed by atoms with E-state index in [1.54, 1.807) is 24.3 Å². The topological polar surface area (TPSA) is 120 Å². The van der Waals surface area contributed by atoms with E-state index in [4.69, 9.17) is 10.5 Å². The molecule has 1 atom stereocenters. The van der Waals surface area contributed by atoms with E-state index in [0.717, 1.165) is 5.56 Å². The van der Waals surface area contributed by atoms with E-state index in [0.29, 0.717) is 30.8 Å². The fraction of sp³-hybridized carbons (Fsp3) is 0.217. The lowest BCUT2D eigenvalue weighted by Crippen LogP contribution is -2.43. The van der Waals surface area contributed by atoms with Crippen LogP contribution in [0.2, 0.25) is 0 Å². The van der Waals surface area contributed by atoms with Gasteiger partial charge in [0, 0.05) is 18.4 Å². The number of nitrogen functional groups attached to an aromatic ring is 1. The Kier molecular flexibility index (Phi) is 6.16. The number of amides is 2. The van der Waals surface area contributed by atoms with Crippen LogP contribution in [-0.4, -0.2) is 39.0 Å². The summed E-state index contributed by atoms with van der Waals surface area (Å²) in [5.74, 6) is -0.171. The average molecular weight is 433 g/mol. The van der Waals surface area contributed by atoms with E-state index in [2.05, 4.69) is 10.3 Å². The first-order chi connectivity index (χ1) is 15.5. The molecule has 0 spiro atoms. The maximum Gasteiger partial charge on any atom is 0.410 e. The highest BCUT2D eigenvalue weighted by Crippen LogP contribution is 2.21. The van der Waals surface area contributed by atoms with Gasteiger partial charge in [0.05, 0.1) is 5.69 Å². The lowest BCUT2D eigenvalue weighted by atomic mass is 10.2. The molecule has 1 aliphatic heterocycles. The second kappa shape index (κ2) is 9.34. The quantitative estimate of drug-likeness (QED) is 0.638. The summed E-state index contributed by atoms with van der Waals surface area (Å²) in [7, 11) is 0. The molecule has 1 saturated heterocycles. The van der Waals surface area contributed by atoms with Crippen LogP contribution in [0.25, 0.3) is 5.69 Å². The monoisotopic (exact) mass is 433 g/mol. The third kappa shape index (κ3) is 4.77. The number of hydrogen-bond donors (Lipinski definition) is 2. The molecule has 1 aliphatic rings. The van der Waals surface area contributed by atoms with Gasteiger partial charge in [-0.2, -0.15) is 4.98 Å². The Morgan fingerprint density at radius 1 is 1.12 bits per heavy atom. The largest absolute Gasteiger partial charge is 0.445 e. The van der Waals surface area contributed by atoms with Gasteiger partial charge in [-0.3, -0.25) is 14.3 Å². The molecule has 0 bridgehead atoms. The predicted molar refractivity (Wildman–Crippen MR) is 119 cm³/mol. The fourth-order valence-corrected chi connectivity index (χ4v) is 3.63. The summed E-state index contributed by atoms with van der Waals surface area (Å²) in [6.45, 7) is 0.606. The third-order valence-electron chi connectivity index (χ3n) is 5.21. The van der Waals surface area contributed by atoms with Gasteiger partial charge in [-0.15, -0.1) is 0 Å². The number of aromatic nitrogens is 2. The molecule has 1 aromatic heterocycles. The van der Waals surface area contributed by atoms with Crippen molar-refractivity contribution in [2.24, 2.45) is 0 Å². The number of benzene rings is 2. The molecule has 2 amide bonds. The first kappa shape index (κ1) is 21.1. The van der Waals surface area contributed by atoms with Crippen LogP contribution in [0.15, 0.2) is 71.7 Å². The molecule has 1 fully saturated rings. The van der Waals surface area contributed by atoms with Crippen LogP contribution in [0.1, 0.15) is 18.4 Å². The zero-order valence-electron chi connectivity index (χ0n) is 17.3. The van der Waals surface area contributed by atoms with Gasteiger partial charge in [-0.05, 0) is 42.7 Å². The van der Waals surface area contributed by atoms with E-state index in [-0.39, 0.29) is 18.3 Å². The van der Waals surface area contributed by atoms with Gasteiger partial charge in [-0.1, -0.05) is 36.4 Å². The van der Waals surface area contributed by atoms with Gasteiger partial charge < -0.3 is 15.8 Å². The lowest BCUT2D eigenvalue weighted by Gasteiger charge is -2.23. The summed E-state index contributed by atoms with van der Waals surface area (Å²) < 4.78 is 6.72. The zero-order chi connectivity index (χ0) is 22.5. The molecule has 9 heteroatoms. The Bertz CT molecular complexity index is 1180. The lowest BCUT2D eigenvalue weighted by molar-refractivity contribution is -0.120. The Morgan fingerprint density at radius 2 is 1.94 bits per heavy atom. The highest BCUT2D eigenvalue weighted by molar-refractivity contribution is 5.97. The average Bonchev–Trinajstić information content (AvgIpc) is 3.29. The maximum atomic E-state index is 12.9. The number of carbonyl (C=O) groups excluding carboxylic acids is 2. The van der Waals surface area contributed by atoms with Crippen LogP contribution in [0, 0.1) is 0 Å². The zero-order valence-corrected chi connectivity index (χ0v) is 17.3. The van der Waals surface area contributed by atoms with Crippen molar-refractivity contribution in [3.63, 3.8) is 0 Å². The van der Waals surface area contributed by atoms with E-state index in [9.17, 15) is 14.4 Å². The minimum atomic E-state index is -0.622. The van der Waals surface area contributed by atoms with Gasteiger partial charge in [0.2, 0.25) is 5.91 Å². The van der Waals surface area contributed by atoms with Crippen molar-refractivity contribution in [1.29, 1.82) is 0 Å². The molecule has 0 unspecified atom stereocenters. The van der Waals surface area contributed by atoms with Crippen molar-refractivity contribution in [1.82, 2.24) is 14.5 Å². The predicted octanol–water partition coefficient (Wildman–Crippen LogP) is 2.55. The van der Waals surface area contributed by atoms with Crippen molar-refractivity contribution in [3.8, 4) is 5.69 Å². The molecule has 0 aliphatic carbocycles. The van der Waals surface area contributed by atoms with Crippen LogP contribution in [0.3, 0.4) is 0 Å². The van der Waals surface area contributed by atoms with Crippen molar-refractivity contribution in [3.05, 3.63) is 82.9 Å². The number of carbonyl (C=O) groups is 2. The molecule has 32 heavy (non-hydrogen) atoms. The van der Waals surface area contributed by atoms with Crippen molar-refractivity contribution in [2.75, 3.05) is 17.6 Å². The molecule has 0 radical (unpaired) electrons. The molecule has 2 heterocycles. The Morgan fingerprint density at radius 3 is 2.72 bits per heavy atom. The summed E-state index contributed by atoms with van der Waals surface area (Å²) in [6.07, 6.45) is 2.27. The molecule has 3 N–H and O–H groups in total. The molecule has 9 nitrogen and oxygen atoms in total. The highest BCUT2D eigenvalue weighted by Gasteiger charge is 2.35. The molecule has 4 rings (SSSR count). The summed E-state index contributed by atoms with van der Waals surface area (Å²) in [4.78, 5) is 42.7. The van der Waals surface area contributed by atoms with Gasteiger partial charge in [0.1, 0.15) is 18.5 Å². The maximum absolute atomic E-state index is 12.9. The van der Waals surface area contributed by atoms with Crippen LogP contribution in [0.4, 0.5) is 16.3 Å². The fourth-order valence-electron chi connectivity index (χ4n) is 3.63. The SMILES string of the molecule is Nc1ccn(-c2cccc(NC(=O)[C@@H]3CCCN3C(=O)OCc3ccccc3)c2)c(=O)n1. The summed E-state index contributed by atoms with van der Waals surface area (Å²) in [5.41, 5.74) is 6.94.